The second-order valence-electron chi connectivity index (χ2n) is 7.09. The third-order valence-electron chi connectivity index (χ3n) is 4.94. The standard InChI is InChI=1S/C23H21FN2O3S/c1-2-19-23(28)26(13-15-5-7-17(24)8-6-15)14-16-12-18(9-10-20(16)29-19)25-22(27)21-4-3-11-30-21/h3-12,19H,2,13-14H2,1H3,(H,25,27)/t19-/m1/s1. The predicted octanol–water partition coefficient (Wildman–Crippen LogP) is 4.84. The van der Waals surface area contributed by atoms with Crippen LogP contribution < -0.4 is 10.1 Å². The normalized spacial score (nSPS) is 15.9. The molecule has 1 atom stereocenters. The average molecular weight is 424 g/mol. The molecule has 5 nitrogen and oxygen atoms in total. The first-order valence-corrected chi connectivity index (χ1v) is 10.6. The Morgan fingerprint density at radius 2 is 2.03 bits per heavy atom. The van der Waals surface area contributed by atoms with Crippen LogP contribution in [0.25, 0.3) is 0 Å². The summed E-state index contributed by atoms with van der Waals surface area (Å²) in [6.45, 7) is 2.59. The Balaban J connectivity index is 1.59. The minimum Gasteiger partial charge on any atom is -0.480 e. The first-order chi connectivity index (χ1) is 14.5. The van der Waals surface area contributed by atoms with Crippen molar-refractivity contribution < 1.29 is 18.7 Å². The molecule has 2 aromatic carbocycles. The second kappa shape index (κ2) is 8.67. The van der Waals surface area contributed by atoms with Gasteiger partial charge in [-0.05, 0) is 53.8 Å². The molecule has 0 radical (unpaired) electrons. The van der Waals surface area contributed by atoms with Crippen molar-refractivity contribution in [3.63, 3.8) is 0 Å². The Hall–Kier alpha value is -3.19. The number of halogens is 1. The summed E-state index contributed by atoms with van der Waals surface area (Å²) in [4.78, 5) is 27.7. The van der Waals surface area contributed by atoms with Gasteiger partial charge in [0, 0.05) is 24.3 Å². The number of nitrogens with one attached hydrogen (secondary N) is 1. The predicted molar refractivity (Wildman–Crippen MR) is 114 cm³/mol. The van der Waals surface area contributed by atoms with Crippen molar-refractivity contribution >= 4 is 28.8 Å². The number of benzene rings is 2. The van der Waals surface area contributed by atoms with E-state index >= 15 is 0 Å². The summed E-state index contributed by atoms with van der Waals surface area (Å²) in [5.41, 5.74) is 2.29. The average Bonchev–Trinajstić information content (AvgIpc) is 3.25. The maximum absolute atomic E-state index is 13.2. The molecule has 0 saturated heterocycles. The highest BCUT2D eigenvalue weighted by Gasteiger charge is 2.30. The van der Waals surface area contributed by atoms with Crippen molar-refractivity contribution in [2.45, 2.75) is 32.5 Å². The first kappa shape index (κ1) is 20.1. The van der Waals surface area contributed by atoms with Crippen molar-refractivity contribution in [3.05, 3.63) is 81.8 Å². The van der Waals surface area contributed by atoms with E-state index in [0.717, 1.165) is 11.1 Å². The molecule has 3 aromatic rings. The lowest BCUT2D eigenvalue weighted by Gasteiger charge is -2.23. The minimum atomic E-state index is -0.585. The highest BCUT2D eigenvalue weighted by Crippen LogP contribution is 2.30. The number of hydrogen-bond donors (Lipinski definition) is 1. The first-order valence-electron chi connectivity index (χ1n) is 9.71. The fraction of sp³-hybridized carbons (Fsp3) is 0.217. The van der Waals surface area contributed by atoms with Crippen LogP contribution in [-0.2, 0) is 17.9 Å². The maximum Gasteiger partial charge on any atom is 0.265 e. The van der Waals surface area contributed by atoms with Crippen LogP contribution in [0.5, 0.6) is 5.75 Å². The van der Waals surface area contributed by atoms with Gasteiger partial charge in [0.1, 0.15) is 11.6 Å². The van der Waals surface area contributed by atoms with Crippen molar-refractivity contribution in [3.8, 4) is 5.75 Å². The lowest BCUT2D eigenvalue weighted by Crippen LogP contribution is -2.38. The number of amides is 2. The Kier molecular flexibility index (Phi) is 5.81. The van der Waals surface area contributed by atoms with Crippen molar-refractivity contribution in [2.75, 3.05) is 5.32 Å². The number of rotatable bonds is 5. The largest absolute Gasteiger partial charge is 0.480 e. The van der Waals surface area contributed by atoms with Gasteiger partial charge in [-0.3, -0.25) is 9.59 Å². The zero-order chi connectivity index (χ0) is 21.1. The van der Waals surface area contributed by atoms with Gasteiger partial charge in [-0.25, -0.2) is 4.39 Å². The number of fused-ring (bicyclic) bond motifs is 1. The van der Waals surface area contributed by atoms with Crippen LogP contribution in [0, 0.1) is 5.82 Å². The third kappa shape index (κ3) is 4.36. The Morgan fingerprint density at radius 1 is 1.23 bits per heavy atom. The summed E-state index contributed by atoms with van der Waals surface area (Å²) in [7, 11) is 0. The number of carbonyl (C=O) groups is 2. The zero-order valence-corrected chi connectivity index (χ0v) is 17.2. The number of ether oxygens (including phenoxy) is 1. The number of carbonyl (C=O) groups excluding carboxylic acids is 2. The zero-order valence-electron chi connectivity index (χ0n) is 16.4. The van der Waals surface area contributed by atoms with Crippen LogP contribution in [0.1, 0.15) is 34.1 Å². The van der Waals surface area contributed by atoms with Gasteiger partial charge < -0.3 is 15.0 Å². The molecule has 0 saturated carbocycles. The van der Waals surface area contributed by atoms with Gasteiger partial charge in [-0.15, -0.1) is 11.3 Å². The molecule has 1 aromatic heterocycles. The molecular formula is C23H21FN2O3S. The molecule has 1 aliphatic rings. The van der Waals surface area contributed by atoms with Gasteiger partial charge in [0.2, 0.25) is 0 Å². The molecule has 0 aliphatic carbocycles. The number of thiophene rings is 1. The van der Waals surface area contributed by atoms with Crippen LogP contribution >= 0.6 is 11.3 Å². The van der Waals surface area contributed by atoms with E-state index < -0.39 is 6.10 Å². The van der Waals surface area contributed by atoms with Crippen LogP contribution in [0.2, 0.25) is 0 Å². The van der Waals surface area contributed by atoms with E-state index in [9.17, 15) is 14.0 Å². The van der Waals surface area contributed by atoms with E-state index in [1.807, 2.05) is 24.4 Å². The fourth-order valence-corrected chi connectivity index (χ4v) is 4.01. The summed E-state index contributed by atoms with van der Waals surface area (Å²) in [6, 6.07) is 15.1. The molecule has 30 heavy (non-hydrogen) atoms. The molecular weight excluding hydrogens is 403 g/mol. The van der Waals surface area contributed by atoms with Crippen LogP contribution in [-0.4, -0.2) is 22.8 Å². The Morgan fingerprint density at radius 3 is 2.73 bits per heavy atom. The topological polar surface area (TPSA) is 58.6 Å². The van der Waals surface area contributed by atoms with Crippen molar-refractivity contribution in [2.24, 2.45) is 0 Å². The highest BCUT2D eigenvalue weighted by atomic mass is 32.1. The van der Waals surface area contributed by atoms with Crippen LogP contribution in [0.3, 0.4) is 0 Å². The molecule has 154 valence electrons. The second-order valence-corrected chi connectivity index (χ2v) is 8.04. The minimum absolute atomic E-state index is 0.109. The summed E-state index contributed by atoms with van der Waals surface area (Å²) >= 11 is 1.37. The van der Waals surface area contributed by atoms with Crippen molar-refractivity contribution in [1.82, 2.24) is 4.90 Å². The third-order valence-corrected chi connectivity index (χ3v) is 5.81. The van der Waals surface area contributed by atoms with Gasteiger partial charge in [0.25, 0.3) is 11.8 Å². The SMILES string of the molecule is CC[C@H]1Oc2ccc(NC(=O)c3cccs3)cc2CN(Cc2ccc(F)cc2)C1=O. The van der Waals surface area contributed by atoms with E-state index in [-0.39, 0.29) is 17.6 Å². The molecule has 1 aliphatic heterocycles. The maximum atomic E-state index is 13.2. The van der Waals surface area contributed by atoms with Gasteiger partial charge >= 0.3 is 0 Å². The molecule has 0 unspecified atom stereocenters. The number of nitrogens with zero attached hydrogens (tertiary/aromatic N) is 1. The number of hydrogen-bond acceptors (Lipinski definition) is 4. The van der Waals surface area contributed by atoms with Gasteiger partial charge in [-0.1, -0.05) is 25.1 Å². The molecule has 4 rings (SSSR count). The smallest absolute Gasteiger partial charge is 0.265 e. The van der Waals surface area contributed by atoms with Crippen LogP contribution in [0.15, 0.2) is 60.0 Å². The van der Waals surface area contributed by atoms with Gasteiger partial charge in [0.05, 0.1) is 4.88 Å². The summed E-state index contributed by atoms with van der Waals surface area (Å²) in [5.74, 6) is 0.0328. The van der Waals surface area contributed by atoms with Crippen molar-refractivity contribution in [1.29, 1.82) is 0 Å². The monoisotopic (exact) mass is 424 g/mol. The van der Waals surface area contributed by atoms with Crippen LogP contribution in [0.4, 0.5) is 10.1 Å². The molecule has 0 spiro atoms. The quantitative estimate of drug-likeness (QED) is 0.638. The Labute approximate surface area is 178 Å². The number of anilines is 1. The summed E-state index contributed by atoms with van der Waals surface area (Å²) in [5, 5.41) is 4.74. The highest BCUT2D eigenvalue weighted by molar-refractivity contribution is 7.12. The van der Waals surface area contributed by atoms with E-state index in [1.54, 1.807) is 35.2 Å². The molecule has 0 fully saturated rings. The van der Waals surface area contributed by atoms with E-state index in [2.05, 4.69) is 5.32 Å². The molecule has 2 heterocycles. The molecule has 0 bridgehead atoms. The molecule has 1 N–H and O–H groups in total. The fourth-order valence-electron chi connectivity index (χ4n) is 3.39. The van der Waals surface area contributed by atoms with E-state index in [4.69, 9.17) is 4.74 Å². The van der Waals surface area contributed by atoms with Gasteiger partial charge in [0.15, 0.2) is 6.10 Å². The Bertz CT molecular complexity index is 1050. The summed E-state index contributed by atoms with van der Waals surface area (Å²) < 4.78 is 19.2. The lowest BCUT2D eigenvalue weighted by atomic mass is 10.1. The lowest BCUT2D eigenvalue weighted by molar-refractivity contribution is -0.139. The van der Waals surface area contributed by atoms with E-state index in [0.29, 0.717) is 35.8 Å². The van der Waals surface area contributed by atoms with E-state index in [1.165, 1.54) is 23.5 Å². The van der Waals surface area contributed by atoms with Gasteiger partial charge in [-0.2, -0.15) is 0 Å². The summed E-state index contributed by atoms with van der Waals surface area (Å²) in [6.07, 6.45) is -0.0482. The molecule has 2 amide bonds. The molecule has 7 heteroatoms.